The van der Waals surface area contributed by atoms with Crippen LogP contribution < -0.4 is 10.1 Å². The first-order valence-electron chi connectivity index (χ1n) is 5.43. The first-order valence-corrected chi connectivity index (χ1v) is 5.81. The highest BCUT2D eigenvalue weighted by Crippen LogP contribution is 2.29. The molecule has 1 heterocycles. The van der Waals surface area contributed by atoms with Crippen molar-refractivity contribution in [2.24, 2.45) is 5.92 Å². The van der Waals surface area contributed by atoms with Crippen LogP contribution >= 0.6 is 11.6 Å². The molecule has 0 amide bonds. The molecule has 1 aliphatic heterocycles. The number of nitrogens with one attached hydrogen (secondary N) is 1. The third kappa shape index (κ3) is 2.47. The van der Waals surface area contributed by atoms with Crippen molar-refractivity contribution in [1.82, 2.24) is 5.32 Å². The highest BCUT2D eigenvalue weighted by atomic mass is 35.5. The fourth-order valence-corrected chi connectivity index (χ4v) is 2.42. The summed E-state index contributed by atoms with van der Waals surface area (Å²) in [7, 11) is 1.49. The van der Waals surface area contributed by atoms with Crippen LogP contribution in [0.25, 0.3) is 0 Å². The molecule has 0 bridgehead atoms. The van der Waals surface area contributed by atoms with Gasteiger partial charge in [-0.05, 0) is 49.5 Å². The molecule has 2 nitrogen and oxygen atoms in total. The van der Waals surface area contributed by atoms with E-state index in [2.05, 4.69) is 5.32 Å². The van der Waals surface area contributed by atoms with Crippen LogP contribution in [0.1, 0.15) is 12.0 Å². The number of hydrogen-bond acceptors (Lipinski definition) is 2. The van der Waals surface area contributed by atoms with E-state index in [9.17, 15) is 4.39 Å². The summed E-state index contributed by atoms with van der Waals surface area (Å²) in [5.41, 5.74) is 0.862. The Morgan fingerprint density at radius 1 is 1.56 bits per heavy atom. The molecule has 1 saturated heterocycles. The minimum atomic E-state index is -0.379. The van der Waals surface area contributed by atoms with Gasteiger partial charge in [-0.1, -0.05) is 11.6 Å². The SMILES string of the molecule is COc1c(F)cc(Cl)cc1CC1CCNC1. The number of methoxy groups -OCH3 is 1. The second-order valence-corrected chi connectivity index (χ2v) is 4.58. The quantitative estimate of drug-likeness (QED) is 0.881. The maximum Gasteiger partial charge on any atom is 0.166 e. The van der Waals surface area contributed by atoms with Gasteiger partial charge >= 0.3 is 0 Å². The molecule has 16 heavy (non-hydrogen) atoms. The second kappa shape index (κ2) is 5.02. The molecule has 1 aliphatic rings. The van der Waals surface area contributed by atoms with Gasteiger partial charge in [0.05, 0.1) is 7.11 Å². The van der Waals surface area contributed by atoms with Crippen molar-refractivity contribution in [2.75, 3.05) is 20.2 Å². The second-order valence-electron chi connectivity index (χ2n) is 4.14. The monoisotopic (exact) mass is 243 g/mol. The van der Waals surface area contributed by atoms with Crippen LogP contribution in [-0.4, -0.2) is 20.2 Å². The summed E-state index contributed by atoms with van der Waals surface area (Å²) in [6.45, 7) is 2.02. The Morgan fingerprint density at radius 3 is 3.00 bits per heavy atom. The third-order valence-corrected chi connectivity index (χ3v) is 3.18. The zero-order chi connectivity index (χ0) is 11.5. The smallest absolute Gasteiger partial charge is 0.166 e. The fraction of sp³-hybridized carbons (Fsp3) is 0.500. The van der Waals surface area contributed by atoms with Gasteiger partial charge in [-0.25, -0.2) is 4.39 Å². The molecule has 88 valence electrons. The Bertz CT molecular complexity index is 378. The van der Waals surface area contributed by atoms with Crippen molar-refractivity contribution in [1.29, 1.82) is 0 Å². The molecule has 0 radical (unpaired) electrons. The van der Waals surface area contributed by atoms with Gasteiger partial charge in [-0.2, -0.15) is 0 Å². The first-order chi connectivity index (χ1) is 7.70. The zero-order valence-corrected chi connectivity index (χ0v) is 9.98. The van der Waals surface area contributed by atoms with Crippen LogP contribution in [0.15, 0.2) is 12.1 Å². The Labute approximate surface area is 99.7 Å². The standard InChI is InChI=1S/C12H15ClFNO/c1-16-12-9(4-8-2-3-15-7-8)5-10(13)6-11(12)14/h5-6,8,15H,2-4,7H2,1H3. The van der Waals surface area contributed by atoms with Gasteiger partial charge in [0.15, 0.2) is 11.6 Å². The molecule has 0 spiro atoms. The minimum Gasteiger partial charge on any atom is -0.493 e. The molecule has 4 heteroatoms. The molecular weight excluding hydrogens is 229 g/mol. The predicted octanol–water partition coefficient (Wildman–Crippen LogP) is 2.64. The van der Waals surface area contributed by atoms with Crippen LogP contribution in [0.2, 0.25) is 5.02 Å². The average molecular weight is 244 g/mol. The third-order valence-electron chi connectivity index (χ3n) is 2.96. The van der Waals surface area contributed by atoms with Gasteiger partial charge in [-0.3, -0.25) is 0 Å². The Morgan fingerprint density at radius 2 is 2.38 bits per heavy atom. The van der Waals surface area contributed by atoms with Crippen LogP contribution in [0, 0.1) is 11.7 Å². The predicted molar refractivity (Wildman–Crippen MR) is 62.6 cm³/mol. The molecular formula is C12H15ClFNO. The summed E-state index contributed by atoms with van der Waals surface area (Å²) in [4.78, 5) is 0. The highest BCUT2D eigenvalue weighted by molar-refractivity contribution is 6.30. The Balaban J connectivity index is 2.23. The maximum absolute atomic E-state index is 13.6. The summed E-state index contributed by atoms with van der Waals surface area (Å²) in [6.07, 6.45) is 1.94. The molecule has 1 unspecified atom stereocenters. The Hall–Kier alpha value is -0.800. The van der Waals surface area contributed by atoms with Crippen LogP contribution in [-0.2, 0) is 6.42 Å². The minimum absolute atomic E-state index is 0.330. The Kier molecular flexibility index (Phi) is 3.66. The van der Waals surface area contributed by atoms with Crippen molar-refractivity contribution in [3.05, 3.63) is 28.5 Å². The summed E-state index contributed by atoms with van der Waals surface area (Å²) in [6, 6.07) is 3.08. The van der Waals surface area contributed by atoms with Gasteiger partial charge in [0.2, 0.25) is 0 Å². The molecule has 2 rings (SSSR count). The van der Waals surface area contributed by atoms with Crippen molar-refractivity contribution in [3.63, 3.8) is 0 Å². The van der Waals surface area contributed by atoms with Crippen molar-refractivity contribution >= 4 is 11.6 Å². The molecule has 1 N–H and O–H groups in total. The number of hydrogen-bond donors (Lipinski definition) is 1. The lowest BCUT2D eigenvalue weighted by molar-refractivity contribution is 0.378. The van der Waals surface area contributed by atoms with Crippen LogP contribution in [0.5, 0.6) is 5.75 Å². The first kappa shape index (κ1) is 11.7. The van der Waals surface area contributed by atoms with E-state index in [4.69, 9.17) is 16.3 Å². The van der Waals surface area contributed by atoms with Crippen molar-refractivity contribution in [2.45, 2.75) is 12.8 Å². The normalized spacial score (nSPS) is 20.1. The molecule has 0 aromatic heterocycles. The summed E-state index contributed by atoms with van der Waals surface area (Å²) in [5, 5.41) is 3.72. The van der Waals surface area contributed by atoms with Crippen molar-refractivity contribution in [3.8, 4) is 5.75 Å². The summed E-state index contributed by atoms with van der Waals surface area (Å²) >= 11 is 5.85. The van der Waals surface area contributed by atoms with E-state index in [1.807, 2.05) is 0 Å². The maximum atomic E-state index is 13.6. The molecule has 1 aromatic rings. The largest absolute Gasteiger partial charge is 0.493 e. The number of halogens is 2. The molecule has 1 aromatic carbocycles. The fourth-order valence-electron chi connectivity index (χ4n) is 2.19. The van der Waals surface area contributed by atoms with Gasteiger partial charge in [0.1, 0.15) is 0 Å². The molecule has 0 saturated carbocycles. The summed E-state index contributed by atoms with van der Waals surface area (Å²) in [5.74, 6) is 0.499. The van der Waals surface area contributed by atoms with Gasteiger partial charge in [0.25, 0.3) is 0 Å². The van der Waals surface area contributed by atoms with Gasteiger partial charge in [-0.15, -0.1) is 0 Å². The van der Waals surface area contributed by atoms with E-state index in [0.717, 1.165) is 31.5 Å². The van der Waals surface area contributed by atoms with E-state index in [-0.39, 0.29) is 5.82 Å². The van der Waals surface area contributed by atoms with Crippen LogP contribution in [0.4, 0.5) is 4.39 Å². The molecule has 0 aliphatic carbocycles. The van der Waals surface area contributed by atoms with Gasteiger partial charge in [0, 0.05) is 5.02 Å². The highest BCUT2D eigenvalue weighted by Gasteiger charge is 2.19. The van der Waals surface area contributed by atoms with Gasteiger partial charge < -0.3 is 10.1 Å². The number of benzene rings is 1. The summed E-state index contributed by atoms with van der Waals surface area (Å²) < 4.78 is 18.6. The van der Waals surface area contributed by atoms with E-state index >= 15 is 0 Å². The lowest BCUT2D eigenvalue weighted by atomic mass is 9.98. The van der Waals surface area contributed by atoms with Crippen molar-refractivity contribution < 1.29 is 9.13 Å². The molecule has 1 atom stereocenters. The lowest BCUT2D eigenvalue weighted by Crippen LogP contribution is -2.11. The zero-order valence-electron chi connectivity index (χ0n) is 9.22. The lowest BCUT2D eigenvalue weighted by Gasteiger charge is -2.13. The average Bonchev–Trinajstić information content (AvgIpc) is 2.70. The van der Waals surface area contributed by atoms with Crippen LogP contribution in [0.3, 0.4) is 0 Å². The topological polar surface area (TPSA) is 21.3 Å². The van der Waals surface area contributed by atoms with E-state index in [0.29, 0.717) is 16.7 Å². The van der Waals surface area contributed by atoms with E-state index in [1.54, 1.807) is 6.07 Å². The van der Waals surface area contributed by atoms with E-state index in [1.165, 1.54) is 13.2 Å². The number of ether oxygens (including phenoxy) is 1. The van der Waals surface area contributed by atoms with E-state index < -0.39 is 0 Å². The molecule has 1 fully saturated rings. The number of rotatable bonds is 3.